The molecule has 1 unspecified atom stereocenters. The lowest BCUT2D eigenvalue weighted by atomic mass is 10.0. The van der Waals surface area contributed by atoms with Gasteiger partial charge in [-0.3, -0.25) is 9.78 Å². The van der Waals surface area contributed by atoms with Crippen molar-refractivity contribution in [2.75, 3.05) is 6.54 Å². The molecule has 0 aliphatic heterocycles. The van der Waals surface area contributed by atoms with Gasteiger partial charge < -0.3 is 15.2 Å². The van der Waals surface area contributed by atoms with Crippen LogP contribution in [0.15, 0.2) is 54.9 Å². The van der Waals surface area contributed by atoms with E-state index in [9.17, 15) is 4.79 Å². The Hall–Kier alpha value is -2.66. The Kier molecular flexibility index (Phi) is 5.30. The zero-order valence-corrected chi connectivity index (χ0v) is 17.6. The van der Waals surface area contributed by atoms with E-state index in [2.05, 4.69) is 57.4 Å². The first kappa shape index (κ1) is 19.3. The van der Waals surface area contributed by atoms with E-state index in [1.165, 1.54) is 24.8 Å². The maximum Gasteiger partial charge on any atom is 0.270 e. The van der Waals surface area contributed by atoms with Gasteiger partial charge in [-0.1, -0.05) is 30.3 Å². The van der Waals surface area contributed by atoms with Gasteiger partial charge in [0.05, 0.1) is 0 Å². The van der Waals surface area contributed by atoms with Gasteiger partial charge in [0.2, 0.25) is 0 Å². The Morgan fingerprint density at radius 2 is 2.07 bits per heavy atom. The van der Waals surface area contributed by atoms with E-state index in [0.717, 1.165) is 30.4 Å². The lowest BCUT2D eigenvalue weighted by Crippen LogP contribution is -2.42. The first-order valence-electron chi connectivity index (χ1n) is 11.3. The summed E-state index contributed by atoms with van der Waals surface area (Å²) in [6.07, 6.45) is 8.28. The van der Waals surface area contributed by atoms with Crippen molar-refractivity contribution in [3.63, 3.8) is 0 Å². The number of amides is 1. The van der Waals surface area contributed by atoms with Crippen molar-refractivity contribution in [2.45, 2.75) is 51.2 Å². The third-order valence-corrected chi connectivity index (χ3v) is 6.98. The minimum Gasteiger partial charge on any atom is -0.350 e. The molecular weight excluding hydrogens is 372 g/mol. The first-order chi connectivity index (χ1) is 14.7. The highest BCUT2D eigenvalue weighted by Gasteiger charge is 2.50. The standard InChI is InChI=1S/C25H30N4O/c1-2-29(25(30)23-13-18-16-26-12-11-21(18)28-23)24-10-6-9-22(19-14-20(19)24)27-15-17-7-4-3-5-8-17/h3-5,7-8,11-13,16,19-20,22,24,27-28H,2,6,9-10,14-15H2,1H3/t19?,20-,22-,24+/m1/s1. The SMILES string of the molecule is CCN(C(=O)c1cc2cnccc2[nH]1)[C@H]1CCC[C@@H](NCc2ccccc2)C2C[C@H]21. The van der Waals surface area contributed by atoms with E-state index in [0.29, 0.717) is 29.6 Å². The van der Waals surface area contributed by atoms with Crippen LogP contribution in [-0.4, -0.2) is 39.4 Å². The fraction of sp³-hybridized carbons (Fsp3) is 0.440. The molecule has 2 fully saturated rings. The number of rotatable bonds is 6. The summed E-state index contributed by atoms with van der Waals surface area (Å²) in [7, 11) is 0. The van der Waals surface area contributed by atoms with E-state index in [-0.39, 0.29) is 5.91 Å². The number of aromatic amines is 1. The van der Waals surface area contributed by atoms with Crippen LogP contribution in [0.3, 0.4) is 0 Å². The number of carbonyl (C=O) groups excluding carboxylic acids is 1. The molecule has 0 saturated heterocycles. The fourth-order valence-corrected chi connectivity index (χ4v) is 5.37. The molecular formula is C25H30N4O. The van der Waals surface area contributed by atoms with Crippen LogP contribution in [0.2, 0.25) is 0 Å². The number of pyridine rings is 1. The summed E-state index contributed by atoms with van der Waals surface area (Å²) in [5.74, 6) is 1.44. The molecule has 5 heteroatoms. The van der Waals surface area contributed by atoms with Gasteiger partial charge in [0.25, 0.3) is 5.91 Å². The van der Waals surface area contributed by atoms with Crippen LogP contribution in [0.1, 0.15) is 48.7 Å². The zero-order valence-electron chi connectivity index (χ0n) is 17.6. The molecule has 0 radical (unpaired) electrons. The average molecular weight is 403 g/mol. The highest BCUT2D eigenvalue weighted by Crippen LogP contribution is 2.50. The molecule has 0 bridgehead atoms. The molecule has 30 heavy (non-hydrogen) atoms. The van der Waals surface area contributed by atoms with Crippen LogP contribution in [0.5, 0.6) is 0 Å². The highest BCUT2D eigenvalue weighted by atomic mass is 16.2. The third-order valence-electron chi connectivity index (χ3n) is 6.98. The summed E-state index contributed by atoms with van der Waals surface area (Å²) in [6, 6.07) is 15.4. The minimum absolute atomic E-state index is 0.125. The van der Waals surface area contributed by atoms with Gasteiger partial charge in [-0.2, -0.15) is 0 Å². The number of nitrogens with zero attached hydrogens (tertiary/aromatic N) is 2. The monoisotopic (exact) mass is 402 g/mol. The molecule has 2 aliphatic carbocycles. The van der Waals surface area contributed by atoms with Crippen molar-refractivity contribution in [3.05, 3.63) is 66.1 Å². The van der Waals surface area contributed by atoms with Gasteiger partial charge in [-0.15, -0.1) is 0 Å². The zero-order chi connectivity index (χ0) is 20.5. The molecule has 2 aromatic heterocycles. The Labute approximate surface area is 177 Å². The van der Waals surface area contributed by atoms with Crippen LogP contribution in [0.4, 0.5) is 0 Å². The molecule has 4 atom stereocenters. The van der Waals surface area contributed by atoms with Crippen LogP contribution in [0, 0.1) is 11.8 Å². The quantitative estimate of drug-likeness (QED) is 0.644. The summed E-state index contributed by atoms with van der Waals surface area (Å²) >= 11 is 0. The normalized spacial score (nSPS) is 25.5. The molecule has 1 aromatic carbocycles. The van der Waals surface area contributed by atoms with Gasteiger partial charge in [-0.05, 0) is 62.1 Å². The molecule has 5 rings (SSSR count). The lowest BCUT2D eigenvalue weighted by molar-refractivity contribution is 0.0648. The lowest BCUT2D eigenvalue weighted by Gasteiger charge is -2.30. The number of fused-ring (bicyclic) bond motifs is 2. The Balaban J connectivity index is 1.27. The largest absolute Gasteiger partial charge is 0.350 e. The maximum atomic E-state index is 13.4. The predicted octanol–water partition coefficient (Wildman–Crippen LogP) is 4.37. The van der Waals surface area contributed by atoms with Gasteiger partial charge in [0, 0.05) is 48.5 Å². The summed E-state index contributed by atoms with van der Waals surface area (Å²) < 4.78 is 0. The van der Waals surface area contributed by atoms with Crippen molar-refractivity contribution in [1.82, 2.24) is 20.2 Å². The molecule has 1 amide bonds. The van der Waals surface area contributed by atoms with Gasteiger partial charge in [0.15, 0.2) is 0 Å². The van der Waals surface area contributed by atoms with Crippen LogP contribution in [0.25, 0.3) is 10.9 Å². The van der Waals surface area contributed by atoms with E-state index in [1.54, 1.807) is 6.20 Å². The molecule has 3 aromatic rings. The number of H-pyrrole nitrogens is 1. The third kappa shape index (κ3) is 3.74. The summed E-state index contributed by atoms with van der Waals surface area (Å²) in [4.78, 5) is 22.9. The Bertz CT molecular complexity index is 981. The summed E-state index contributed by atoms with van der Waals surface area (Å²) in [5.41, 5.74) is 2.99. The molecule has 0 spiro atoms. The van der Waals surface area contributed by atoms with Gasteiger partial charge in [0.1, 0.15) is 5.69 Å². The highest BCUT2D eigenvalue weighted by molar-refractivity contribution is 5.98. The maximum absolute atomic E-state index is 13.4. The number of nitrogens with one attached hydrogen (secondary N) is 2. The second-order valence-electron chi connectivity index (χ2n) is 8.77. The van der Waals surface area contributed by atoms with E-state index < -0.39 is 0 Å². The number of hydrogen-bond acceptors (Lipinski definition) is 3. The number of benzene rings is 1. The fourth-order valence-electron chi connectivity index (χ4n) is 5.37. The van der Waals surface area contributed by atoms with E-state index >= 15 is 0 Å². The van der Waals surface area contributed by atoms with Crippen LogP contribution in [-0.2, 0) is 6.54 Å². The molecule has 2 aliphatic rings. The van der Waals surface area contributed by atoms with Crippen molar-refractivity contribution < 1.29 is 4.79 Å². The Morgan fingerprint density at radius 3 is 2.87 bits per heavy atom. The molecule has 2 saturated carbocycles. The second-order valence-corrected chi connectivity index (χ2v) is 8.77. The van der Waals surface area contributed by atoms with Crippen molar-refractivity contribution in [2.24, 2.45) is 11.8 Å². The molecule has 2 N–H and O–H groups in total. The van der Waals surface area contributed by atoms with Crippen molar-refractivity contribution in [1.29, 1.82) is 0 Å². The first-order valence-corrected chi connectivity index (χ1v) is 11.3. The van der Waals surface area contributed by atoms with Crippen molar-refractivity contribution >= 4 is 16.8 Å². The van der Waals surface area contributed by atoms with Crippen LogP contribution >= 0.6 is 0 Å². The second kappa shape index (κ2) is 8.23. The Morgan fingerprint density at radius 1 is 1.20 bits per heavy atom. The molecule has 5 nitrogen and oxygen atoms in total. The minimum atomic E-state index is 0.125. The average Bonchev–Trinajstić information content (AvgIpc) is 3.47. The van der Waals surface area contributed by atoms with Crippen molar-refractivity contribution in [3.8, 4) is 0 Å². The number of carbonyl (C=O) groups is 1. The van der Waals surface area contributed by atoms with Gasteiger partial charge in [-0.25, -0.2) is 0 Å². The van der Waals surface area contributed by atoms with Crippen LogP contribution < -0.4 is 5.32 Å². The van der Waals surface area contributed by atoms with E-state index in [1.807, 2.05) is 18.3 Å². The topological polar surface area (TPSA) is 61.0 Å². The summed E-state index contributed by atoms with van der Waals surface area (Å²) in [5, 5.41) is 4.80. The molecule has 2 heterocycles. The van der Waals surface area contributed by atoms with Gasteiger partial charge >= 0.3 is 0 Å². The number of hydrogen-bond donors (Lipinski definition) is 2. The van der Waals surface area contributed by atoms with E-state index in [4.69, 9.17) is 0 Å². The molecule has 156 valence electrons. The summed E-state index contributed by atoms with van der Waals surface area (Å²) in [6.45, 7) is 3.79. The number of aromatic nitrogens is 2. The smallest absolute Gasteiger partial charge is 0.270 e. The predicted molar refractivity (Wildman–Crippen MR) is 119 cm³/mol.